The van der Waals surface area contributed by atoms with Crippen LogP contribution in [0.25, 0.3) is 11.3 Å². The van der Waals surface area contributed by atoms with Crippen LogP contribution in [0.3, 0.4) is 0 Å². The Labute approximate surface area is 129 Å². The van der Waals surface area contributed by atoms with E-state index in [0.717, 1.165) is 18.7 Å². The molecule has 5 nitrogen and oxygen atoms in total. The minimum atomic E-state index is -0.222. The monoisotopic (exact) mass is 307 g/mol. The van der Waals surface area contributed by atoms with Gasteiger partial charge in [0.05, 0.1) is 12.1 Å². The lowest BCUT2D eigenvalue weighted by atomic mass is 10.0. The topological polar surface area (TPSA) is 67.2 Å². The van der Waals surface area contributed by atoms with Crippen molar-refractivity contribution >= 4 is 18.3 Å². The molecule has 0 bridgehead atoms. The minimum absolute atomic E-state index is 0. The number of nitrogens with one attached hydrogen (secondary N) is 2. The smallest absolute Gasteiger partial charge is 0.226 e. The molecule has 2 N–H and O–H groups in total. The van der Waals surface area contributed by atoms with Crippen molar-refractivity contribution in [1.82, 2.24) is 15.6 Å². The second kappa shape index (κ2) is 6.74. The summed E-state index contributed by atoms with van der Waals surface area (Å²) in [7, 11) is 0. The zero-order valence-corrected chi connectivity index (χ0v) is 12.5. The average molecular weight is 308 g/mol. The van der Waals surface area contributed by atoms with Gasteiger partial charge in [0.15, 0.2) is 5.76 Å². The molecule has 1 aromatic carbocycles. The molecule has 1 aliphatic rings. The summed E-state index contributed by atoms with van der Waals surface area (Å²) < 4.78 is 5.72. The first-order valence-corrected chi connectivity index (χ1v) is 6.76. The second-order valence-corrected chi connectivity index (χ2v) is 5.01. The Morgan fingerprint density at radius 3 is 2.71 bits per heavy atom. The first-order valence-electron chi connectivity index (χ1n) is 6.76. The fraction of sp³-hybridized carbons (Fsp3) is 0.333. The van der Waals surface area contributed by atoms with E-state index in [9.17, 15) is 4.79 Å². The fourth-order valence-corrected chi connectivity index (χ4v) is 2.09. The van der Waals surface area contributed by atoms with Gasteiger partial charge in [0.2, 0.25) is 11.8 Å². The Bertz CT molecular complexity index is 596. The third-order valence-corrected chi connectivity index (χ3v) is 3.46. The summed E-state index contributed by atoms with van der Waals surface area (Å²) in [4.78, 5) is 16.1. The van der Waals surface area contributed by atoms with Gasteiger partial charge >= 0.3 is 0 Å². The molecule has 1 atom stereocenters. The molecular formula is C15H18ClN3O2. The number of amides is 1. The summed E-state index contributed by atoms with van der Waals surface area (Å²) in [5, 5.41) is 6.01. The molecular weight excluding hydrogens is 290 g/mol. The van der Waals surface area contributed by atoms with Gasteiger partial charge in [-0.15, -0.1) is 12.4 Å². The molecule has 0 saturated carbocycles. The first-order chi connectivity index (χ1) is 9.74. The van der Waals surface area contributed by atoms with Crippen molar-refractivity contribution < 1.29 is 9.21 Å². The molecule has 1 saturated heterocycles. The van der Waals surface area contributed by atoms with E-state index >= 15 is 0 Å². The van der Waals surface area contributed by atoms with Crippen molar-refractivity contribution in [2.45, 2.75) is 13.0 Å². The van der Waals surface area contributed by atoms with Gasteiger partial charge in [-0.1, -0.05) is 30.3 Å². The molecule has 1 unspecified atom stereocenters. The van der Waals surface area contributed by atoms with Crippen LogP contribution in [0.4, 0.5) is 0 Å². The van der Waals surface area contributed by atoms with E-state index < -0.39 is 0 Å². The van der Waals surface area contributed by atoms with Crippen molar-refractivity contribution in [1.29, 1.82) is 0 Å². The van der Waals surface area contributed by atoms with Crippen molar-refractivity contribution in [3.8, 4) is 11.3 Å². The Balaban J connectivity index is 0.00000161. The lowest BCUT2D eigenvalue weighted by Gasteiger charge is -2.26. The van der Waals surface area contributed by atoms with Gasteiger partial charge in [-0.05, 0) is 6.92 Å². The van der Waals surface area contributed by atoms with Crippen LogP contribution in [0.15, 0.2) is 40.9 Å². The number of carbonyl (C=O) groups is 1. The summed E-state index contributed by atoms with van der Waals surface area (Å²) in [6.45, 7) is 3.38. The van der Waals surface area contributed by atoms with Gasteiger partial charge in [0.25, 0.3) is 0 Å². The molecule has 1 amide bonds. The zero-order chi connectivity index (χ0) is 13.9. The third kappa shape index (κ3) is 3.43. The van der Waals surface area contributed by atoms with Gasteiger partial charge in [0, 0.05) is 18.7 Å². The second-order valence-electron chi connectivity index (χ2n) is 5.01. The van der Waals surface area contributed by atoms with Crippen LogP contribution in [0.5, 0.6) is 0 Å². The van der Waals surface area contributed by atoms with Gasteiger partial charge in [0.1, 0.15) is 6.04 Å². The Morgan fingerprint density at radius 2 is 2.10 bits per heavy atom. The molecule has 0 aliphatic carbocycles. The number of hydrogen-bond donors (Lipinski definition) is 2. The van der Waals surface area contributed by atoms with Gasteiger partial charge in [-0.3, -0.25) is 4.79 Å². The van der Waals surface area contributed by atoms with Crippen molar-refractivity contribution in [3.63, 3.8) is 0 Å². The highest BCUT2D eigenvalue weighted by atomic mass is 35.5. The SMILES string of the molecule is CC(NC(=O)C1CNC1)c1ncc(-c2ccccc2)o1.Cl. The molecule has 1 aromatic heterocycles. The number of benzene rings is 1. The summed E-state index contributed by atoms with van der Waals surface area (Å²) in [5.41, 5.74) is 0.980. The maximum Gasteiger partial charge on any atom is 0.226 e. The van der Waals surface area contributed by atoms with E-state index in [0.29, 0.717) is 11.7 Å². The number of halogens is 1. The van der Waals surface area contributed by atoms with Crippen LogP contribution in [0, 0.1) is 5.92 Å². The van der Waals surface area contributed by atoms with E-state index in [1.807, 2.05) is 37.3 Å². The predicted octanol–water partition coefficient (Wildman–Crippen LogP) is 2.16. The van der Waals surface area contributed by atoms with E-state index in [2.05, 4.69) is 15.6 Å². The first kappa shape index (κ1) is 15.5. The number of carbonyl (C=O) groups excluding carboxylic acids is 1. The molecule has 112 valence electrons. The molecule has 6 heteroatoms. The average Bonchev–Trinajstić information content (AvgIpc) is 2.87. The molecule has 2 aromatic rings. The number of nitrogens with zero attached hydrogens (tertiary/aromatic N) is 1. The lowest BCUT2D eigenvalue weighted by Crippen LogP contribution is -2.51. The van der Waals surface area contributed by atoms with E-state index in [1.165, 1.54) is 0 Å². The molecule has 3 rings (SSSR count). The Morgan fingerprint density at radius 1 is 1.38 bits per heavy atom. The van der Waals surface area contributed by atoms with E-state index in [-0.39, 0.29) is 30.3 Å². The van der Waals surface area contributed by atoms with Gasteiger partial charge in [-0.2, -0.15) is 0 Å². The fourth-order valence-electron chi connectivity index (χ4n) is 2.09. The number of rotatable bonds is 4. The Hall–Kier alpha value is -1.85. The standard InChI is InChI=1S/C15H17N3O2.ClH/c1-10(18-14(19)12-7-16-8-12)15-17-9-13(20-15)11-5-3-2-4-6-11;/h2-6,9-10,12,16H,7-8H2,1H3,(H,18,19);1H. The quantitative estimate of drug-likeness (QED) is 0.908. The molecule has 21 heavy (non-hydrogen) atoms. The van der Waals surface area contributed by atoms with Crippen molar-refractivity contribution in [2.24, 2.45) is 5.92 Å². The summed E-state index contributed by atoms with van der Waals surface area (Å²) in [6, 6.07) is 9.57. The molecule has 0 spiro atoms. The number of aromatic nitrogens is 1. The highest BCUT2D eigenvalue weighted by molar-refractivity contribution is 5.85. The van der Waals surface area contributed by atoms with Crippen LogP contribution < -0.4 is 10.6 Å². The lowest BCUT2D eigenvalue weighted by molar-refractivity contribution is -0.127. The van der Waals surface area contributed by atoms with Crippen LogP contribution in [-0.2, 0) is 4.79 Å². The highest BCUT2D eigenvalue weighted by Gasteiger charge is 2.27. The minimum Gasteiger partial charge on any atom is -0.438 e. The maximum absolute atomic E-state index is 11.9. The van der Waals surface area contributed by atoms with Crippen LogP contribution in [0.1, 0.15) is 18.9 Å². The predicted molar refractivity (Wildman–Crippen MR) is 82.1 cm³/mol. The molecule has 1 fully saturated rings. The summed E-state index contributed by atoms with van der Waals surface area (Å²) in [5.74, 6) is 1.37. The van der Waals surface area contributed by atoms with Crippen LogP contribution in [-0.4, -0.2) is 24.0 Å². The van der Waals surface area contributed by atoms with Crippen LogP contribution >= 0.6 is 12.4 Å². The number of oxazole rings is 1. The van der Waals surface area contributed by atoms with Crippen molar-refractivity contribution in [3.05, 3.63) is 42.4 Å². The summed E-state index contributed by atoms with van der Waals surface area (Å²) in [6.07, 6.45) is 1.69. The number of hydrogen-bond acceptors (Lipinski definition) is 4. The normalized spacial score (nSPS) is 15.7. The van der Waals surface area contributed by atoms with Crippen molar-refractivity contribution in [2.75, 3.05) is 13.1 Å². The summed E-state index contributed by atoms with van der Waals surface area (Å²) >= 11 is 0. The molecule has 0 radical (unpaired) electrons. The largest absolute Gasteiger partial charge is 0.438 e. The van der Waals surface area contributed by atoms with Gasteiger partial charge < -0.3 is 15.1 Å². The van der Waals surface area contributed by atoms with E-state index in [4.69, 9.17) is 4.42 Å². The molecule has 1 aliphatic heterocycles. The van der Waals surface area contributed by atoms with Crippen LogP contribution in [0.2, 0.25) is 0 Å². The molecule has 2 heterocycles. The Kier molecular flexibility index (Phi) is 4.98. The van der Waals surface area contributed by atoms with Gasteiger partial charge in [-0.25, -0.2) is 4.98 Å². The zero-order valence-electron chi connectivity index (χ0n) is 11.7. The highest BCUT2D eigenvalue weighted by Crippen LogP contribution is 2.22. The third-order valence-electron chi connectivity index (χ3n) is 3.46. The van der Waals surface area contributed by atoms with E-state index in [1.54, 1.807) is 6.20 Å². The maximum atomic E-state index is 11.9.